The average Bonchev–Trinajstić information content (AvgIpc) is 2.35. The summed E-state index contributed by atoms with van der Waals surface area (Å²) in [6.07, 6.45) is 0. The van der Waals surface area contributed by atoms with E-state index in [4.69, 9.17) is 4.74 Å². The molecule has 0 heterocycles. The molecule has 0 amide bonds. The molecule has 2 N–H and O–H groups in total. The van der Waals surface area contributed by atoms with Gasteiger partial charge in [0, 0.05) is 13.7 Å². The topological polar surface area (TPSA) is 50.7 Å². The molecule has 0 aliphatic rings. The van der Waals surface area contributed by atoms with Crippen molar-refractivity contribution in [3.05, 3.63) is 29.8 Å². The molecule has 0 bridgehead atoms. The predicted molar refractivity (Wildman–Crippen MR) is 62.8 cm³/mol. The Morgan fingerprint density at radius 1 is 1.28 bits per heavy atom. The van der Waals surface area contributed by atoms with Gasteiger partial charge in [-0.2, -0.15) is 8.78 Å². The van der Waals surface area contributed by atoms with Gasteiger partial charge in [-0.15, -0.1) is 0 Å². The summed E-state index contributed by atoms with van der Waals surface area (Å²) < 4.78 is 33.1. The zero-order chi connectivity index (χ0) is 13.4. The fourth-order valence-electron chi connectivity index (χ4n) is 1.50. The van der Waals surface area contributed by atoms with Crippen molar-refractivity contribution in [2.45, 2.75) is 12.7 Å². The van der Waals surface area contributed by atoms with Gasteiger partial charge in [-0.25, -0.2) is 0 Å². The van der Waals surface area contributed by atoms with Crippen LogP contribution >= 0.6 is 0 Å². The zero-order valence-corrected chi connectivity index (χ0v) is 10.1. The second-order valence-corrected chi connectivity index (χ2v) is 3.63. The maximum Gasteiger partial charge on any atom is 0.387 e. The van der Waals surface area contributed by atoms with E-state index in [9.17, 15) is 13.9 Å². The summed E-state index contributed by atoms with van der Waals surface area (Å²) in [5.74, 6) is 0.0994. The Morgan fingerprint density at radius 3 is 2.44 bits per heavy atom. The van der Waals surface area contributed by atoms with Crippen molar-refractivity contribution in [2.75, 3.05) is 26.9 Å². The standard InChI is InChI=1S/C12H17F2NO3/c1-17-7-6-15-11(8-16)9-2-4-10(5-3-9)18-12(13)14/h2-5,11-12,15-16H,6-8H2,1H3. The van der Waals surface area contributed by atoms with Crippen molar-refractivity contribution in [3.63, 3.8) is 0 Å². The smallest absolute Gasteiger partial charge is 0.387 e. The van der Waals surface area contributed by atoms with Gasteiger partial charge in [-0.05, 0) is 17.7 Å². The van der Waals surface area contributed by atoms with Gasteiger partial charge in [0.05, 0.1) is 19.3 Å². The van der Waals surface area contributed by atoms with Gasteiger partial charge in [-0.1, -0.05) is 12.1 Å². The summed E-state index contributed by atoms with van der Waals surface area (Å²) in [4.78, 5) is 0. The number of benzene rings is 1. The first-order valence-electron chi connectivity index (χ1n) is 5.55. The van der Waals surface area contributed by atoms with Crippen LogP contribution in [0.15, 0.2) is 24.3 Å². The minimum Gasteiger partial charge on any atom is -0.435 e. The minimum absolute atomic E-state index is 0.0846. The van der Waals surface area contributed by atoms with E-state index < -0.39 is 6.61 Å². The molecule has 0 radical (unpaired) electrons. The van der Waals surface area contributed by atoms with Crippen molar-refractivity contribution in [3.8, 4) is 5.75 Å². The molecule has 102 valence electrons. The van der Waals surface area contributed by atoms with Gasteiger partial charge < -0.3 is 19.9 Å². The Bertz CT molecular complexity index is 333. The van der Waals surface area contributed by atoms with E-state index in [2.05, 4.69) is 10.1 Å². The molecule has 0 aliphatic carbocycles. The van der Waals surface area contributed by atoms with E-state index in [1.54, 1.807) is 19.2 Å². The summed E-state index contributed by atoms with van der Waals surface area (Å²) in [5, 5.41) is 12.3. The summed E-state index contributed by atoms with van der Waals surface area (Å²) in [7, 11) is 1.59. The van der Waals surface area contributed by atoms with Crippen LogP contribution in [0.25, 0.3) is 0 Å². The van der Waals surface area contributed by atoms with Crippen LogP contribution in [0.5, 0.6) is 5.75 Å². The van der Waals surface area contributed by atoms with E-state index in [0.717, 1.165) is 5.56 Å². The number of halogens is 2. The summed E-state index contributed by atoms with van der Waals surface area (Å²) in [6, 6.07) is 5.92. The Morgan fingerprint density at radius 2 is 1.94 bits per heavy atom. The van der Waals surface area contributed by atoms with Crippen LogP contribution in [0.4, 0.5) is 8.78 Å². The Hall–Kier alpha value is -1.24. The van der Waals surface area contributed by atoms with Crippen LogP contribution < -0.4 is 10.1 Å². The Labute approximate surface area is 105 Å². The lowest BCUT2D eigenvalue weighted by Crippen LogP contribution is -2.27. The summed E-state index contributed by atoms with van der Waals surface area (Å²) in [6.45, 7) is -1.79. The molecule has 18 heavy (non-hydrogen) atoms. The molecule has 0 aliphatic heterocycles. The number of hydrogen-bond donors (Lipinski definition) is 2. The highest BCUT2D eigenvalue weighted by atomic mass is 19.3. The lowest BCUT2D eigenvalue weighted by atomic mass is 10.1. The number of alkyl halides is 2. The largest absolute Gasteiger partial charge is 0.435 e. The van der Waals surface area contributed by atoms with Crippen LogP contribution in [-0.4, -0.2) is 38.6 Å². The first-order chi connectivity index (χ1) is 8.67. The van der Waals surface area contributed by atoms with E-state index in [-0.39, 0.29) is 18.4 Å². The van der Waals surface area contributed by atoms with Gasteiger partial charge in [0.25, 0.3) is 0 Å². The molecule has 0 aromatic heterocycles. The Kier molecular flexibility index (Phi) is 6.56. The molecule has 0 fully saturated rings. The van der Waals surface area contributed by atoms with E-state index >= 15 is 0 Å². The van der Waals surface area contributed by atoms with Gasteiger partial charge in [0.2, 0.25) is 0 Å². The summed E-state index contributed by atoms with van der Waals surface area (Å²) in [5.41, 5.74) is 0.801. The molecule has 1 atom stereocenters. The molecule has 1 aromatic rings. The number of rotatable bonds is 8. The molecular weight excluding hydrogens is 244 g/mol. The quantitative estimate of drug-likeness (QED) is 0.697. The SMILES string of the molecule is COCCNC(CO)c1ccc(OC(F)F)cc1. The molecule has 0 saturated carbocycles. The fraction of sp³-hybridized carbons (Fsp3) is 0.500. The summed E-state index contributed by atoms with van der Waals surface area (Å²) >= 11 is 0. The van der Waals surface area contributed by atoms with Crippen molar-refractivity contribution >= 4 is 0 Å². The number of aliphatic hydroxyl groups excluding tert-OH is 1. The highest BCUT2D eigenvalue weighted by Crippen LogP contribution is 2.19. The fourth-order valence-corrected chi connectivity index (χ4v) is 1.50. The van der Waals surface area contributed by atoms with Crippen LogP contribution in [0.2, 0.25) is 0 Å². The molecular formula is C12H17F2NO3. The van der Waals surface area contributed by atoms with Crippen LogP contribution in [0, 0.1) is 0 Å². The van der Waals surface area contributed by atoms with Gasteiger partial charge in [-0.3, -0.25) is 0 Å². The predicted octanol–water partition coefficient (Wildman–Crippen LogP) is 1.56. The second-order valence-electron chi connectivity index (χ2n) is 3.63. The van der Waals surface area contributed by atoms with E-state index in [0.29, 0.717) is 13.2 Å². The number of aliphatic hydroxyl groups is 1. The van der Waals surface area contributed by atoms with Crippen LogP contribution in [-0.2, 0) is 4.74 Å². The monoisotopic (exact) mass is 261 g/mol. The first-order valence-corrected chi connectivity index (χ1v) is 5.55. The van der Waals surface area contributed by atoms with Crippen molar-refractivity contribution in [1.82, 2.24) is 5.32 Å². The molecule has 1 unspecified atom stereocenters. The molecule has 4 nitrogen and oxygen atoms in total. The van der Waals surface area contributed by atoms with Crippen LogP contribution in [0.1, 0.15) is 11.6 Å². The molecule has 6 heteroatoms. The maximum absolute atomic E-state index is 12.0. The third-order valence-electron chi connectivity index (χ3n) is 2.39. The second kappa shape index (κ2) is 7.97. The lowest BCUT2D eigenvalue weighted by molar-refractivity contribution is -0.0498. The Balaban J connectivity index is 2.57. The first kappa shape index (κ1) is 14.8. The van der Waals surface area contributed by atoms with Gasteiger partial charge in [0.15, 0.2) is 0 Å². The normalized spacial score (nSPS) is 12.7. The number of nitrogens with one attached hydrogen (secondary N) is 1. The van der Waals surface area contributed by atoms with Gasteiger partial charge >= 0.3 is 6.61 Å². The van der Waals surface area contributed by atoms with E-state index in [1.807, 2.05) is 0 Å². The molecule has 1 aromatic carbocycles. The van der Waals surface area contributed by atoms with E-state index in [1.165, 1.54) is 12.1 Å². The minimum atomic E-state index is -2.83. The molecule has 1 rings (SSSR count). The molecule has 0 spiro atoms. The van der Waals surface area contributed by atoms with Crippen molar-refractivity contribution < 1.29 is 23.4 Å². The lowest BCUT2D eigenvalue weighted by Gasteiger charge is -2.16. The highest BCUT2D eigenvalue weighted by Gasteiger charge is 2.10. The maximum atomic E-state index is 12.0. The number of methoxy groups -OCH3 is 1. The average molecular weight is 261 g/mol. The number of ether oxygens (including phenoxy) is 2. The van der Waals surface area contributed by atoms with Gasteiger partial charge in [0.1, 0.15) is 5.75 Å². The van der Waals surface area contributed by atoms with Crippen molar-refractivity contribution in [2.24, 2.45) is 0 Å². The van der Waals surface area contributed by atoms with Crippen molar-refractivity contribution in [1.29, 1.82) is 0 Å². The number of hydrogen-bond acceptors (Lipinski definition) is 4. The molecule has 0 saturated heterocycles. The zero-order valence-electron chi connectivity index (χ0n) is 10.1. The third kappa shape index (κ3) is 4.95. The van der Waals surface area contributed by atoms with Crippen LogP contribution in [0.3, 0.4) is 0 Å². The highest BCUT2D eigenvalue weighted by molar-refractivity contribution is 5.29. The third-order valence-corrected chi connectivity index (χ3v) is 2.39.